The number of hydrogen-bond donors (Lipinski definition) is 1. The second-order valence-corrected chi connectivity index (χ2v) is 2.32. The molecule has 0 heterocycles. The van der Waals surface area contributed by atoms with E-state index in [1.165, 1.54) is 0 Å². The van der Waals surface area contributed by atoms with Gasteiger partial charge in [0.05, 0.1) is 5.67 Å². The zero-order chi connectivity index (χ0) is 8.15. The lowest BCUT2D eigenvalue weighted by Crippen LogP contribution is -1.91. The Morgan fingerprint density at radius 1 is 1.50 bits per heavy atom. The minimum atomic E-state index is 0.266. The van der Waals surface area contributed by atoms with Crippen LogP contribution in [0, 0.1) is 5.41 Å². The van der Waals surface area contributed by atoms with Crippen molar-refractivity contribution in [2.24, 2.45) is 4.99 Å². The summed E-state index contributed by atoms with van der Waals surface area (Å²) in [7, 11) is 0. The second kappa shape index (κ2) is 4.47. The molecule has 0 aliphatic carbocycles. The minimum absolute atomic E-state index is 0.266. The van der Waals surface area contributed by atoms with Crippen LogP contribution >= 0.6 is 23.2 Å². The van der Waals surface area contributed by atoms with Crippen LogP contribution in [0.3, 0.4) is 0 Å². The zero-order valence-electron chi connectivity index (χ0n) is 5.78. The van der Waals surface area contributed by atoms with Crippen molar-refractivity contribution in [3.8, 4) is 0 Å². The molecule has 0 saturated heterocycles. The Bertz CT molecular complexity index is 194. The second-order valence-electron chi connectivity index (χ2n) is 1.77. The summed E-state index contributed by atoms with van der Waals surface area (Å²) in [6.07, 6.45) is 0. The Balaban J connectivity index is 4.50. The number of nitrogens with one attached hydrogen (secondary N) is 1. The quantitative estimate of drug-likeness (QED) is 0.499. The zero-order valence-corrected chi connectivity index (χ0v) is 7.29. The molecule has 0 aliphatic rings. The van der Waals surface area contributed by atoms with Crippen LogP contribution in [-0.2, 0) is 0 Å². The third-order valence-corrected chi connectivity index (χ3v) is 1.51. The summed E-state index contributed by atoms with van der Waals surface area (Å²) in [5.41, 5.74) is 2.11. The first-order chi connectivity index (χ1) is 4.59. The van der Waals surface area contributed by atoms with E-state index >= 15 is 0 Å². The molecule has 56 valence electrons. The summed E-state index contributed by atoms with van der Waals surface area (Å²) in [6.45, 7) is 3.36. The van der Waals surface area contributed by atoms with E-state index in [2.05, 4.69) is 4.99 Å². The number of hydrogen-bond acceptors (Lipinski definition) is 2. The van der Waals surface area contributed by atoms with Crippen molar-refractivity contribution in [1.29, 1.82) is 5.41 Å². The van der Waals surface area contributed by atoms with Crippen molar-refractivity contribution in [3.63, 3.8) is 0 Å². The minimum Gasteiger partial charge on any atom is -0.305 e. The van der Waals surface area contributed by atoms with E-state index in [1.807, 2.05) is 0 Å². The average molecular weight is 179 g/mol. The molecule has 0 aromatic carbocycles. The third-order valence-electron chi connectivity index (χ3n) is 1.03. The molecule has 0 amide bonds. The predicted molar refractivity (Wildman–Crippen MR) is 46.3 cm³/mol. The van der Waals surface area contributed by atoms with E-state index in [0.29, 0.717) is 11.3 Å². The van der Waals surface area contributed by atoms with E-state index in [4.69, 9.17) is 28.6 Å². The molecule has 10 heavy (non-hydrogen) atoms. The van der Waals surface area contributed by atoms with Crippen LogP contribution in [0.15, 0.2) is 15.7 Å². The fraction of sp³-hybridized carbons (Fsp3) is 0.333. The highest BCUT2D eigenvalue weighted by molar-refractivity contribution is 6.56. The van der Waals surface area contributed by atoms with Gasteiger partial charge in [-0.25, -0.2) is 4.99 Å². The fourth-order valence-electron chi connectivity index (χ4n) is 0.294. The molecular weight excluding hydrogens is 171 g/mol. The summed E-state index contributed by atoms with van der Waals surface area (Å²) in [5, 5.41) is 7.42. The van der Waals surface area contributed by atoms with E-state index in [1.54, 1.807) is 13.8 Å². The lowest BCUT2D eigenvalue weighted by molar-refractivity contribution is 1.37. The Morgan fingerprint density at radius 2 is 2.00 bits per heavy atom. The van der Waals surface area contributed by atoms with Crippen molar-refractivity contribution in [2.75, 3.05) is 0 Å². The van der Waals surface area contributed by atoms with Gasteiger partial charge in [0, 0.05) is 11.3 Å². The summed E-state index contributed by atoms with van der Waals surface area (Å²) in [6, 6.07) is 0. The first-order valence-electron chi connectivity index (χ1n) is 2.64. The van der Waals surface area contributed by atoms with E-state index in [-0.39, 0.29) is 5.16 Å². The molecule has 0 rings (SSSR count). The number of rotatable bonds is 2. The van der Waals surface area contributed by atoms with Gasteiger partial charge in [0.15, 0.2) is 0 Å². The first-order valence-corrected chi connectivity index (χ1v) is 3.45. The molecule has 0 atom stereocenters. The van der Waals surface area contributed by atoms with E-state index in [0.717, 1.165) is 5.67 Å². The fourth-order valence-corrected chi connectivity index (χ4v) is 0.632. The first kappa shape index (κ1) is 9.66. The molecule has 0 unspecified atom stereocenters. The van der Waals surface area contributed by atoms with Gasteiger partial charge in [0.1, 0.15) is 5.16 Å². The Kier molecular flexibility index (Phi) is 4.32. The SMILES string of the molecule is CC(=N)/C(C)=C(Cl)\N=C\Cl. The number of nitrogens with zero attached hydrogens (tertiary/aromatic N) is 1. The Hall–Kier alpha value is -0.340. The smallest absolute Gasteiger partial charge is 0.134 e. The van der Waals surface area contributed by atoms with Crippen LogP contribution in [0.4, 0.5) is 0 Å². The maximum atomic E-state index is 7.15. The molecule has 0 spiro atoms. The third kappa shape index (κ3) is 2.99. The van der Waals surface area contributed by atoms with Crippen LogP contribution in [0.2, 0.25) is 0 Å². The summed E-state index contributed by atoms with van der Waals surface area (Å²) >= 11 is 10.7. The van der Waals surface area contributed by atoms with Crippen LogP contribution in [0.1, 0.15) is 13.8 Å². The highest BCUT2D eigenvalue weighted by Crippen LogP contribution is 2.10. The Labute approximate surface area is 70.1 Å². The molecular formula is C6H8Cl2N2. The van der Waals surface area contributed by atoms with Crippen LogP contribution in [0.25, 0.3) is 0 Å². The van der Waals surface area contributed by atoms with E-state index < -0.39 is 0 Å². The van der Waals surface area contributed by atoms with Gasteiger partial charge in [0.2, 0.25) is 0 Å². The van der Waals surface area contributed by atoms with Crippen LogP contribution in [0.5, 0.6) is 0 Å². The van der Waals surface area contributed by atoms with Crippen molar-refractivity contribution in [2.45, 2.75) is 13.8 Å². The van der Waals surface area contributed by atoms with Gasteiger partial charge in [-0.1, -0.05) is 23.2 Å². The molecule has 4 heteroatoms. The average Bonchev–Trinajstić information content (AvgIpc) is 1.87. The molecule has 0 aliphatic heterocycles. The van der Waals surface area contributed by atoms with Crippen LogP contribution < -0.4 is 0 Å². The maximum Gasteiger partial charge on any atom is 0.134 e. The van der Waals surface area contributed by atoms with Crippen molar-refractivity contribution in [3.05, 3.63) is 10.7 Å². The number of halogens is 2. The van der Waals surface area contributed by atoms with Gasteiger partial charge in [-0.15, -0.1) is 0 Å². The van der Waals surface area contributed by atoms with Gasteiger partial charge in [-0.2, -0.15) is 0 Å². The molecule has 1 N–H and O–H groups in total. The topological polar surface area (TPSA) is 36.2 Å². The summed E-state index contributed by atoms with van der Waals surface area (Å²) < 4.78 is 0. The monoisotopic (exact) mass is 178 g/mol. The number of allylic oxidation sites excluding steroid dienone is 1. The molecule has 2 nitrogen and oxygen atoms in total. The van der Waals surface area contributed by atoms with Crippen molar-refractivity contribution < 1.29 is 0 Å². The standard InChI is InChI=1S/C6H8Cl2N2/c1-4(5(2)9)6(8)10-3-7/h3,9H,1-2H3/b6-4-,9-5?,10-3+. The largest absolute Gasteiger partial charge is 0.305 e. The highest BCUT2D eigenvalue weighted by atomic mass is 35.5. The summed E-state index contributed by atoms with van der Waals surface area (Å²) in [4.78, 5) is 3.59. The highest BCUT2D eigenvalue weighted by Gasteiger charge is 1.97. The Morgan fingerprint density at radius 3 is 2.30 bits per heavy atom. The normalized spacial score (nSPS) is 13.6. The van der Waals surface area contributed by atoms with Crippen molar-refractivity contribution in [1.82, 2.24) is 0 Å². The van der Waals surface area contributed by atoms with Gasteiger partial charge in [-0.05, 0) is 13.8 Å². The van der Waals surface area contributed by atoms with E-state index in [9.17, 15) is 0 Å². The van der Waals surface area contributed by atoms with Gasteiger partial charge < -0.3 is 5.41 Å². The van der Waals surface area contributed by atoms with Crippen molar-refractivity contribution >= 4 is 34.6 Å². The van der Waals surface area contributed by atoms with Gasteiger partial charge >= 0.3 is 0 Å². The molecule has 0 bridgehead atoms. The molecule has 0 aromatic heterocycles. The van der Waals surface area contributed by atoms with Crippen LogP contribution in [-0.4, -0.2) is 11.4 Å². The lowest BCUT2D eigenvalue weighted by Gasteiger charge is -1.96. The molecule has 0 saturated carbocycles. The molecule has 0 radical (unpaired) electrons. The predicted octanol–water partition coefficient (Wildman–Crippen LogP) is 2.76. The summed E-state index contributed by atoms with van der Waals surface area (Å²) in [5.74, 6) is 0. The maximum absolute atomic E-state index is 7.15. The molecule has 0 aromatic rings. The van der Waals surface area contributed by atoms with Gasteiger partial charge in [-0.3, -0.25) is 0 Å². The molecule has 0 fully saturated rings. The lowest BCUT2D eigenvalue weighted by atomic mass is 10.2. The van der Waals surface area contributed by atoms with Gasteiger partial charge in [0.25, 0.3) is 0 Å². The number of aliphatic imine (C=N–C) groups is 1.